The molecule has 23 heavy (non-hydrogen) atoms. The molecule has 0 spiro atoms. The van der Waals surface area contributed by atoms with Gasteiger partial charge in [0, 0.05) is 5.39 Å². The number of amides is 1. The topological polar surface area (TPSA) is 64.6 Å². The smallest absolute Gasteiger partial charge is 0.412 e. The van der Waals surface area contributed by atoms with Crippen molar-refractivity contribution in [2.24, 2.45) is 0 Å². The van der Waals surface area contributed by atoms with Crippen LogP contribution in [-0.4, -0.2) is 24.8 Å². The molecule has 2 aromatic rings. The van der Waals surface area contributed by atoms with E-state index in [4.69, 9.17) is 9.47 Å². The molecule has 0 saturated carbocycles. The monoisotopic (exact) mass is 315 g/mol. The largest absolute Gasteiger partial charge is 0.463 e. The molecule has 1 unspecified atom stereocenters. The molecule has 0 aliphatic rings. The molecule has 0 saturated heterocycles. The second-order valence-electron chi connectivity index (χ2n) is 5.22. The van der Waals surface area contributed by atoms with Gasteiger partial charge in [0.1, 0.15) is 0 Å². The molecule has 0 radical (unpaired) electrons. The van der Waals surface area contributed by atoms with Crippen LogP contribution in [0.5, 0.6) is 0 Å². The molecule has 1 amide bonds. The number of ether oxygens (including phenoxy) is 2. The lowest BCUT2D eigenvalue weighted by Gasteiger charge is -2.14. The van der Waals surface area contributed by atoms with E-state index in [1.807, 2.05) is 43.3 Å². The number of carbonyl (C=O) groups is 2. The molecule has 1 atom stereocenters. The maximum Gasteiger partial charge on any atom is 0.412 e. The van der Waals surface area contributed by atoms with Crippen molar-refractivity contribution in [3.8, 4) is 0 Å². The van der Waals surface area contributed by atoms with Crippen LogP contribution in [0.25, 0.3) is 10.8 Å². The summed E-state index contributed by atoms with van der Waals surface area (Å²) in [7, 11) is 0. The van der Waals surface area contributed by atoms with Crippen molar-refractivity contribution in [3.63, 3.8) is 0 Å². The molecule has 0 aromatic heterocycles. The molecule has 2 aromatic carbocycles. The zero-order valence-corrected chi connectivity index (χ0v) is 13.4. The zero-order valence-electron chi connectivity index (χ0n) is 13.4. The standard InChI is InChI=1S/C18H21NO4/c1-3-4-12-22-17(20)13(2)23-18(21)19-16-11-7-9-14-8-5-6-10-15(14)16/h5-11,13H,3-4,12H2,1-2H3,(H,19,21). The number of anilines is 1. The van der Waals surface area contributed by atoms with E-state index in [2.05, 4.69) is 5.32 Å². The van der Waals surface area contributed by atoms with Crippen LogP contribution in [0.4, 0.5) is 10.5 Å². The molecule has 0 fully saturated rings. The van der Waals surface area contributed by atoms with Gasteiger partial charge in [0.15, 0.2) is 6.10 Å². The lowest BCUT2D eigenvalue weighted by molar-refractivity contribution is -0.152. The maximum absolute atomic E-state index is 12.0. The summed E-state index contributed by atoms with van der Waals surface area (Å²) in [6, 6.07) is 13.3. The number of benzene rings is 2. The number of esters is 1. The number of hydrogen-bond acceptors (Lipinski definition) is 4. The Morgan fingerprint density at radius 3 is 2.65 bits per heavy atom. The van der Waals surface area contributed by atoms with Crippen LogP contribution < -0.4 is 5.32 Å². The molecule has 5 nitrogen and oxygen atoms in total. The van der Waals surface area contributed by atoms with Crippen LogP contribution in [0.3, 0.4) is 0 Å². The van der Waals surface area contributed by atoms with E-state index >= 15 is 0 Å². The van der Waals surface area contributed by atoms with Crippen LogP contribution in [0.15, 0.2) is 42.5 Å². The quantitative estimate of drug-likeness (QED) is 0.643. The summed E-state index contributed by atoms with van der Waals surface area (Å²) in [5.74, 6) is -0.536. The van der Waals surface area contributed by atoms with Gasteiger partial charge < -0.3 is 9.47 Å². The first kappa shape index (κ1) is 16.8. The summed E-state index contributed by atoms with van der Waals surface area (Å²) < 4.78 is 10.1. The maximum atomic E-state index is 12.0. The third-order valence-corrected chi connectivity index (χ3v) is 3.38. The minimum absolute atomic E-state index is 0.341. The predicted octanol–water partition coefficient (Wildman–Crippen LogP) is 4.12. The number of hydrogen-bond donors (Lipinski definition) is 1. The first-order chi connectivity index (χ1) is 11.1. The van der Waals surface area contributed by atoms with Gasteiger partial charge in [-0.3, -0.25) is 5.32 Å². The SMILES string of the molecule is CCCCOC(=O)C(C)OC(=O)Nc1cccc2ccccc12. The van der Waals surface area contributed by atoms with Crippen molar-refractivity contribution in [3.05, 3.63) is 42.5 Å². The molecule has 0 heterocycles. The third kappa shape index (κ3) is 4.71. The molecule has 0 aliphatic heterocycles. The number of carbonyl (C=O) groups excluding carboxylic acids is 2. The third-order valence-electron chi connectivity index (χ3n) is 3.38. The van der Waals surface area contributed by atoms with E-state index in [1.54, 1.807) is 6.07 Å². The molecule has 2 rings (SSSR count). The van der Waals surface area contributed by atoms with Gasteiger partial charge in [-0.15, -0.1) is 0 Å². The molecular formula is C18H21NO4. The summed E-state index contributed by atoms with van der Waals surface area (Å²) in [6.07, 6.45) is 0.105. The summed E-state index contributed by atoms with van der Waals surface area (Å²) >= 11 is 0. The summed E-state index contributed by atoms with van der Waals surface area (Å²) in [6.45, 7) is 3.84. The first-order valence-electron chi connectivity index (χ1n) is 7.74. The molecular weight excluding hydrogens is 294 g/mol. The van der Waals surface area contributed by atoms with Crippen molar-refractivity contribution in [2.75, 3.05) is 11.9 Å². The van der Waals surface area contributed by atoms with Crippen molar-refractivity contribution >= 4 is 28.5 Å². The fourth-order valence-electron chi connectivity index (χ4n) is 2.12. The van der Waals surface area contributed by atoms with E-state index in [-0.39, 0.29) is 0 Å². The van der Waals surface area contributed by atoms with E-state index in [0.29, 0.717) is 12.3 Å². The Morgan fingerprint density at radius 1 is 1.13 bits per heavy atom. The van der Waals surface area contributed by atoms with Gasteiger partial charge in [0.25, 0.3) is 0 Å². The molecule has 1 N–H and O–H groups in total. The summed E-state index contributed by atoms with van der Waals surface area (Å²) in [5.41, 5.74) is 0.639. The first-order valence-corrected chi connectivity index (χ1v) is 7.74. The fourth-order valence-corrected chi connectivity index (χ4v) is 2.12. The number of fused-ring (bicyclic) bond motifs is 1. The van der Waals surface area contributed by atoms with Crippen LogP contribution in [0.1, 0.15) is 26.7 Å². The Balaban J connectivity index is 1.95. The Kier molecular flexibility index (Phi) is 5.97. The molecule has 0 bridgehead atoms. The van der Waals surface area contributed by atoms with Gasteiger partial charge >= 0.3 is 12.1 Å². The second kappa shape index (κ2) is 8.17. The van der Waals surface area contributed by atoms with Crippen LogP contribution >= 0.6 is 0 Å². The summed E-state index contributed by atoms with van der Waals surface area (Å²) in [4.78, 5) is 23.7. The van der Waals surface area contributed by atoms with Crippen LogP contribution in [0, 0.1) is 0 Å². The summed E-state index contributed by atoms with van der Waals surface area (Å²) in [5, 5.41) is 4.59. The number of nitrogens with one attached hydrogen (secondary N) is 1. The van der Waals surface area contributed by atoms with Gasteiger partial charge in [0.05, 0.1) is 12.3 Å². The van der Waals surface area contributed by atoms with E-state index < -0.39 is 18.2 Å². The minimum atomic E-state index is -0.943. The lowest BCUT2D eigenvalue weighted by atomic mass is 10.1. The molecule has 0 aliphatic carbocycles. The lowest BCUT2D eigenvalue weighted by Crippen LogP contribution is -2.28. The number of unbranched alkanes of at least 4 members (excludes halogenated alkanes) is 1. The number of rotatable bonds is 6. The van der Waals surface area contributed by atoms with Crippen LogP contribution in [-0.2, 0) is 14.3 Å². The fraction of sp³-hybridized carbons (Fsp3) is 0.333. The predicted molar refractivity (Wildman–Crippen MR) is 89.4 cm³/mol. The zero-order chi connectivity index (χ0) is 16.7. The Bertz CT molecular complexity index is 678. The van der Waals surface area contributed by atoms with E-state index in [1.165, 1.54) is 6.92 Å². The van der Waals surface area contributed by atoms with Gasteiger partial charge in [0.2, 0.25) is 0 Å². The van der Waals surface area contributed by atoms with Crippen molar-refractivity contribution in [1.29, 1.82) is 0 Å². The Morgan fingerprint density at radius 2 is 1.87 bits per heavy atom. The highest BCUT2D eigenvalue weighted by Gasteiger charge is 2.19. The highest BCUT2D eigenvalue weighted by molar-refractivity contribution is 6.00. The van der Waals surface area contributed by atoms with E-state index in [0.717, 1.165) is 23.6 Å². The van der Waals surface area contributed by atoms with Crippen molar-refractivity contribution in [2.45, 2.75) is 32.8 Å². The second-order valence-corrected chi connectivity index (χ2v) is 5.22. The molecule has 122 valence electrons. The normalized spacial score (nSPS) is 11.7. The van der Waals surface area contributed by atoms with Crippen molar-refractivity contribution < 1.29 is 19.1 Å². The van der Waals surface area contributed by atoms with Gasteiger partial charge in [-0.1, -0.05) is 49.7 Å². The van der Waals surface area contributed by atoms with Crippen molar-refractivity contribution in [1.82, 2.24) is 0 Å². The highest BCUT2D eigenvalue weighted by Crippen LogP contribution is 2.23. The average Bonchev–Trinajstić information content (AvgIpc) is 2.55. The van der Waals surface area contributed by atoms with Crippen LogP contribution in [0.2, 0.25) is 0 Å². The van der Waals surface area contributed by atoms with Gasteiger partial charge in [-0.2, -0.15) is 0 Å². The molecule has 5 heteroatoms. The van der Waals surface area contributed by atoms with Gasteiger partial charge in [-0.05, 0) is 24.8 Å². The Hall–Kier alpha value is -2.56. The average molecular weight is 315 g/mol. The highest BCUT2D eigenvalue weighted by atomic mass is 16.6. The van der Waals surface area contributed by atoms with E-state index in [9.17, 15) is 9.59 Å². The minimum Gasteiger partial charge on any atom is -0.463 e. The Labute approximate surface area is 135 Å². The van der Waals surface area contributed by atoms with Gasteiger partial charge in [-0.25, -0.2) is 9.59 Å².